The molecule has 1 fully saturated rings. The van der Waals surface area contributed by atoms with Gasteiger partial charge in [-0.05, 0) is 42.5 Å². The summed E-state index contributed by atoms with van der Waals surface area (Å²) in [6.07, 6.45) is 2.21. The summed E-state index contributed by atoms with van der Waals surface area (Å²) in [5, 5.41) is 0. The molecule has 2 aliphatic rings. The lowest BCUT2D eigenvalue weighted by Gasteiger charge is -2.33. The van der Waals surface area contributed by atoms with Crippen LogP contribution in [0.4, 0.5) is 0 Å². The Labute approximate surface area is 143 Å². The third-order valence-electron chi connectivity index (χ3n) is 5.50. The average Bonchev–Trinajstić information content (AvgIpc) is 3.11. The van der Waals surface area contributed by atoms with E-state index in [1.54, 1.807) is 0 Å². The van der Waals surface area contributed by atoms with Crippen molar-refractivity contribution >= 4 is 5.91 Å². The van der Waals surface area contributed by atoms with Crippen LogP contribution in [0.2, 0.25) is 0 Å². The van der Waals surface area contributed by atoms with E-state index in [2.05, 4.69) is 29.2 Å². The summed E-state index contributed by atoms with van der Waals surface area (Å²) in [6.45, 7) is 5.87. The maximum Gasteiger partial charge on any atom is 0.254 e. The van der Waals surface area contributed by atoms with Gasteiger partial charge >= 0.3 is 0 Å². The van der Waals surface area contributed by atoms with Crippen LogP contribution >= 0.6 is 0 Å². The molecule has 2 aliphatic heterocycles. The molecule has 1 atom stereocenters. The molecule has 1 saturated heterocycles. The van der Waals surface area contributed by atoms with E-state index in [4.69, 9.17) is 0 Å². The molecular formula is C21H24N2O. The van der Waals surface area contributed by atoms with E-state index in [9.17, 15) is 4.79 Å². The van der Waals surface area contributed by atoms with Gasteiger partial charge in [0.2, 0.25) is 0 Å². The van der Waals surface area contributed by atoms with Gasteiger partial charge in [0.15, 0.2) is 0 Å². The summed E-state index contributed by atoms with van der Waals surface area (Å²) in [5.74, 6) is 0.188. The number of nitrogens with zero attached hydrogens (tertiary/aromatic N) is 2. The van der Waals surface area contributed by atoms with Crippen LogP contribution in [-0.4, -0.2) is 41.4 Å². The van der Waals surface area contributed by atoms with Gasteiger partial charge < -0.3 is 4.90 Å². The number of amides is 1. The highest BCUT2D eigenvalue weighted by molar-refractivity contribution is 5.95. The van der Waals surface area contributed by atoms with Gasteiger partial charge in [-0.2, -0.15) is 0 Å². The summed E-state index contributed by atoms with van der Waals surface area (Å²) in [6, 6.07) is 17.1. The first kappa shape index (κ1) is 15.4. The second-order valence-electron chi connectivity index (χ2n) is 7.00. The van der Waals surface area contributed by atoms with Crippen LogP contribution < -0.4 is 0 Å². The number of rotatable bonds is 2. The minimum Gasteiger partial charge on any atom is -0.337 e. The van der Waals surface area contributed by atoms with E-state index in [1.165, 1.54) is 11.1 Å². The highest BCUT2D eigenvalue weighted by atomic mass is 16.2. The zero-order chi connectivity index (χ0) is 16.5. The van der Waals surface area contributed by atoms with Gasteiger partial charge in [0.05, 0.1) is 0 Å². The highest BCUT2D eigenvalue weighted by Crippen LogP contribution is 2.25. The normalized spacial score (nSPS) is 20.9. The van der Waals surface area contributed by atoms with Gasteiger partial charge in [-0.3, -0.25) is 9.69 Å². The highest BCUT2D eigenvalue weighted by Gasteiger charge is 2.32. The lowest BCUT2D eigenvalue weighted by molar-refractivity contribution is 0.0772. The summed E-state index contributed by atoms with van der Waals surface area (Å²) in [4.78, 5) is 17.4. The molecule has 0 saturated carbocycles. The fraction of sp³-hybridized carbons (Fsp3) is 0.381. The summed E-state index contributed by atoms with van der Waals surface area (Å²) >= 11 is 0. The first-order valence-corrected chi connectivity index (χ1v) is 8.88. The average molecular weight is 320 g/mol. The van der Waals surface area contributed by atoms with Crippen molar-refractivity contribution in [3.8, 4) is 0 Å². The van der Waals surface area contributed by atoms with Crippen LogP contribution in [0.1, 0.15) is 33.5 Å². The Bertz CT molecular complexity index is 755. The van der Waals surface area contributed by atoms with E-state index in [0.29, 0.717) is 6.04 Å². The van der Waals surface area contributed by atoms with Gasteiger partial charge in [0.25, 0.3) is 5.91 Å². The van der Waals surface area contributed by atoms with Gasteiger partial charge in [-0.25, -0.2) is 0 Å². The Morgan fingerprint density at radius 3 is 2.58 bits per heavy atom. The number of carbonyl (C=O) groups excluding carboxylic acids is 1. The zero-order valence-corrected chi connectivity index (χ0v) is 14.2. The standard InChI is InChI=1S/C21H24N2O/c1-16-6-2-5-9-20(16)21(24)23-13-11-19(15-23)22-12-10-17-7-3-4-8-18(17)14-22/h2-9,19H,10-15H2,1H3/t19-/m1/s1. The van der Waals surface area contributed by atoms with Crippen LogP contribution in [-0.2, 0) is 13.0 Å². The molecule has 2 aromatic carbocycles. The fourth-order valence-corrected chi connectivity index (χ4v) is 4.04. The maximum atomic E-state index is 12.8. The van der Waals surface area contributed by atoms with Crippen molar-refractivity contribution in [2.24, 2.45) is 0 Å². The van der Waals surface area contributed by atoms with E-state index in [-0.39, 0.29) is 5.91 Å². The molecule has 2 aromatic rings. The van der Waals surface area contributed by atoms with Crippen LogP contribution in [0, 0.1) is 6.92 Å². The molecule has 0 radical (unpaired) electrons. The van der Waals surface area contributed by atoms with Crippen molar-refractivity contribution < 1.29 is 4.79 Å². The molecule has 0 unspecified atom stereocenters. The number of hydrogen-bond acceptors (Lipinski definition) is 2. The fourth-order valence-electron chi connectivity index (χ4n) is 4.04. The largest absolute Gasteiger partial charge is 0.337 e. The third kappa shape index (κ3) is 2.84. The first-order chi connectivity index (χ1) is 11.7. The molecule has 0 N–H and O–H groups in total. The van der Waals surface area contributed by atoms with Crippen molar-refractivity contribution in [3.63, 3.8) is 0 Å². The molecule has 0 aromatic heterocycles. The number of hydrogen-bond donors (Lipinski definition) is 0. The molecule has 0 aliphatic carbocycles. The number of benzene rings is 2. The van der Waals surface area contributed by atoms with Crippen LogP contribution in [0.25, 0.3) is 0 Å². The van der Waals surface area contributed by atoms with E-state index in [1.807, 2.05) is 36.1 Å². The van der Waals surface area contributed by atoms with Crippen molar-refractivity contribution in [3.05, 3.63) is 70.8 Å². The zero-order valence-electron chi connectivity index (χ0n) is 14.2. The van der Waals surface area contributed by atoms with Crippen molar-refractivity contribution in [1.82, 2.24) is 9.80 Å². The molecule has 24 heavy (non-hydrogen) atoms. The summed E-state index contributed by atoms with van der Waals surface area (Å²) in [5.41, 5.74) is 4.85. The van der Waals surface area contributed by atoms with Gasteiger partial charge in [0.1, 0.15) is 0 Å². The molecule has 124 valence electrons. The minimum atomic E-state index is 0.188. The lowest BCUT2D eigenvalue weighted by atomic mass is 9.98. The van der Waals surface area contributed by atoms with Crippen LogP contribution in [0.15, 0.2) is 48.5 Å². The summed E-state index contributed by atoms with van der Waals surface area (Å²) in [7, 11) is 0. The van der Waals surface area contributed by atoms with Crippen molar-refractivity contribution in [2.75, 3.05) is 19.6 Å². The van der Waals surface area contributed by atoms with E-state index < -0.39 is 0 Å². The predicted octanol–water partition coefficient (Wildman–Crippen LogP) is 3.27. The number of carbonyl (C=O) groups is 1. The van der Waals surface area contributed by atoms with Crippen molar-refractivity contribution in [1.29, 1.82) is 0 Å². The van der Waals surface area contributed by atoms with Crippen molar-refractivity contribution in [2.45, 2.75) is 32.4 Å². The Balaban J connectivity index is 1.44. The second kappa shape index (κ2) is 6.40. The van der Waals surface area contributed by atoms with E-state index >= 15 is 0 Å². The second-order valence-corrected chi connectivity index (χ2v) is 7.00. The molecule has 0 spiro atoms. The maximum absolute atomic E-state index is 12.8. The molecule has 3 heteroatoms. The van der Waals surface area contributed by atoms with Gasteiger partial charge in [0, 0.05) is 37.8 Å². The number of aryl methyl sites for hydroxylation is 1. The third-order valence-corrected chi connectivity index (χ3v) is 5.50. The number of fused-ring (bicyclic) bond motifs is 1. The summed E-state index contributed by atoms with van der Waals surface area (Å²) < 4.78 is 0. The Morgan fingerprint density at radius 2 is 1.75 bits per heavy atom. The molecule has 0 bridgehead atoms. The molecule has 4 rings (SSSR count). The van der Waals surface area contributed by atoms with E-state index in [0.717, 1.165) is 50.1 Å². The molecule has 2 heterocycles. The van der Waals surface area contributed by atoms with Gasteiger partial charge in [-0.15, -0.1) is 0 Å². The Morgan fingerprint density at radius 1 is 1.00 bits per heavy atom. The number of likely N-dealkylation sites (tertiary alicyclic amines) is 1. The quantitative estimate of drug-likeness (QED) is 0.848. The van der Waals surface area contributed by atoms with Crippen LogP contribution in [0.3, 0.4) is 0 Å². The Kier molecular flexibility index (Phi) is 4.11. The molecule has 1 amide bonds. The van der Waals surface area contributed by atoms with Gasteiger partial charge in [-0.1, -0.05) is 42.5 Å². The Hall–Kier alpha value is -2.13. The monoisotopic (exact) mass is 320 g/mol. The molecular weight excluding hydrogens is 296 g/mol. The SMILES string of the molecule is Cc1ccccc1C(=O)N1CC[C@@H](N2CCc3ccccc3C2)C1. The molecule has 3 nitrogen and oxygen atoms in total. The topological polar surface area (TPSA) is 23.6 Å². The first-order valence-electron chi connectivity index (χ1n) is 8.88. The lowest BCUT2D eigenvalue weighted by Crippen LogP contribution is -2.41. The minimum absolute atomic E-state index is 0.188. The van der Waals surface area contributed by atoms with Crippen LogP contribution in [0.5, 0.6) is 0 Å². The smallest absolute Gasteiger partial charge is 0.254 e. The predicted molar refractivity (Wildman–Crippen MR) is 96.0 cm³/mol.